The summed E-state index contributed by atoms with van der Waals surface area (Å²) in [6.45, 7) is 6.87. The Morgan fingerprint density at radius 2 is 1.30 bits per heavy atom. The van der Waals surface area contributed by atoms with E-state index in [0.29, 0.717) is 0 Å². The van der Waals surface area contributed by atoms with Crippen molar-refractivity contribution < 1.29 is 61.5 Å². The zero-order chi connectivity index (χ0) is 7.28. The van der Waals surface area contributed by atoms with Crippen LogP contribution in [0.2, 0.25) is 0 Å². The zero-order valence-electron chi connectivity index (χ0n) is 7.19. The molecule has 0 aromatic carbocycles. The summed E-state index contributed by atoms with van der Waals surface area (Å²) in [5.74, 6) is 0. The van der Waals surface area contributed by atoms with Gasteiger partial charge in [0.25, 0.3) is 0 Å². The van der Waals surface area contributed by atoms with Crippen molar-refractivity contribution >= 4 is 0 Å². The van der Waals surface area contributed by atoms with Crippen LogP contribution in [0.4, 0.5) is 0 Å². The summed E-state index contributed by atoms with van der Waals surface area (Å²) in [5.41, 5.74) is 0. The molecule has 0 unspecified atom stereocenters. The molecule has 10 heavy (non-hydrogen) atoms. The minimum Gasteiger partial charge on any atom is -1.00 e. The van der Waals surface area contributed by atoms with E-state index in [0.717, 1.165) is 0 Å². The van der Waals surface area contributed by atoms with Crippen LogP contribution in [0.1, 0.15) is 13.8 Å². The molecule has 0 bridgehead atoms. The minimum atomic E-state index is -0.533. The summed E-state index contributed by atoms with van der Waals surface area (Å²) in [6, 6.07) is 0. The molecule has 0 saturated heterocycles. The van der Waals surface area contributed by atoms with E-state index in [1.165, 1.54) is 13.1 Å². The fourth-order valence-corrected chi connectivity index (χ4v) is 3.21. The van der Waals surface area contributed by atoms with E-state index in [2.05, 4.69) is 29.9 Å². The van der Waals surface area contributed by atoms with Crippen LogP contribution >= 0.6 is 0 Å². The first-order chi connectivity index (χ1) is 4.20. The number of halogens is 1. The molecule has 0 radical (unpaired) electrons. The standard InChI is InChI=1S/2C3H8N.HI.Nd/c2*1-3-4-2;;/h2*3H2,1-2H3;1H;/q2*-1;;+3/p-1. The maximum atomic E-state index is 2.48. The van der Waals surface area contributed by atoms with Gasteiger partial charge in [0, 0.05) is 0 Å². The molecule has 0 amide bonds. The molecule has 0 aliphatic carbocycles. The maximum Gasteiger partial charge on any atom is -1.00 e. The van der Waals surface area contributed by atoms with Crippen LogP contribution in [0.3, 0.4) is 0 Å². The molecule has 0 N–H and O–H groups in total. The number of rotatable bonds is 4. The van der Waals surface area contributed by atoms with Crippen molar-refractivity contribution in [2.45, 2.75) is 13.8 Å². The smallest absolute Gasteiger partial charge is 1.00 e. The molecule has 0 atom stereocenters. The molecular weight excluding hydrogens is 371 g/mol. The summed E-state index contributed by atoms with van der Waals surface area (Å²) in [6.07, 6.45) is 0. The van der Waals surface area contributed by atoms with Crippen molar-refractivity contribution in [2.75, 3.05) is 27.2 Å². The molecule has 0 rings (SSSR count). The third-order valence-corrected chi connectivity index (χ3v) is 5.51. The van der Waals surface area contributed by atoms with Gasteiger partial charge in [0.05, 0.1) is 0 Å². The molecule has 61 valence electrons. The third-order valence-electron chi connectivity index (χ3n) is 1.29. The van der Waals surface area contributed by atoms with E-state index >= 15 is 0 Å². The monoisotopic (exact) mass is 385 g/mol. The number of hydrogen-bond donors (Lipinski definition) is 0. The van der Waals surface area contributed by atoms with Crippen LogP contribution in [-0.2, 0) is 0 Å². The van der Waals surface area contributed by atoms with Gasteiger partial charge in [-0.15, -0.1) is 0 Å². The number of hydrogen-bond acceptors (Lipinski definition) is 2. The van der Waals surface area contributed by atoms with Crippen LogP contribution < -0.4 is 24.0 Å². The molecule has 0 spiro atoms. The van der Waals surface area contributed by atoms with Crippen molar-refractivity contribution in [2.24, 2.45) is 0 Å². The average Bonchev–Trinajstić information content (AvgIpc) is 1.87. The summed E-state index contributed by atoms with van der Waals surface area (Å²) < 4.78 is 4.95. The Bertz CT molecular complexity index is 64.8. The van der Waals surface area contributed by atoms with E-state index in [-0.39, 0.29) is 24.0 Å². The maximum absolute atomic E-state index is 2.48. The Morgan fingerprint density at radius 1 is 1.00 bits per heavy atom. The summed E-state index contributed by atoms with van der Waals surface area (Å²) in [4.78, 5) is 0. The Balaban J connectivity index is 0. The predicted molar refractivity (Wildman–Crippen MR) is 36.6 cm³/mol. The molecule has 0 aliphatic rings. The van der Waals surface area contributed by atoms with Crippen LogP contribution in [0.25, 0.3) is 0 Å². The van der Waals surface area contributed by atoms with Gasteiger partial charge >= 0.3 is 80.5 Å². The van der Waals surface area contributed by atoms with Crippen molar-refractivity contribution in [3.05, 3.63) is 0 Å². The molecule has 2 nitrogen and oxygen atoms in total. The second-order valence-corrected chi connectivity index (χ2v) is 7.67. The Hall–Kier alpha value is 2.00. The van der Waals surface area contributed by atoms with Crippen molar-refractivity contribution in [1.82, 2.24) is 1.97 Å². The average molecular weight is 387 g/mol. The van der Waals surface area contributed by atoms with E-state index in [4.69, 9.17) is 0 Å². The van der Waals surface area contributed by atoms with Crippen molar-refractivity contribution in [3.8, 4) is 0 Å². The van der Waals surface area contributed by atoms with Crippen LogP contribution in [-0.4, -0.2) is 29.2 Å². The molecule has 0 heterocycles. The summed E-state index contributed by atoms with van der Waals surface area (Å²) in [7, 11) is 4.44. The normalized spacial score (nSPS) is 9.40. The SMILES string of the molecule is CC[N](C)[Nd+][N](C)CC.[I-]. The van der Waals surface area contributed by atoms with Crippen LogP contribution in [0.15, 0.2) is 0 Å². The predicted octanol–water partition coefficient (Wildman–Crippen LogP) is -2.19. The fourth-order valence-electron chi connectivity index (χ4n) is 0.433. The first-order valence-electron chi connectivity index (χ1n) is 3.39. The molecule has 0 fully saturated rings. The molecule has 0 saturated carbocycles. The summed E-state index contributed by atoms with van der Waals surface area (Å²) in [5, 5.41) is 0. The van der Waals surface area contributed by atoms with Crippen LogP contribution in [0.5, 0.6) is 0 Å². The Morgan fingerprint density at radius 3 is 1.50 bits per heavy atom. The Labute approximate surface area is 103 Å². The zero-order valence-corrected chi connectivity index (χ0v) is 12.6. The van der Waals surface area contributed by atoms with Crippen molar-refractivity contribution in [1.29, 1.82) is 0 Å². The molecule has 0 aromatic heterocycles. The van der Waals surface area contributed by atoms with E-state index in [9.17, 15) is 0 Å². The van der Waals surface area contributed by atoms with Gasteiger partial charge < -0.3 is 24.0 Å². The van der Waals surface area contributed by atoms with Gasteiger partial charge in [-0.3, -0.25) is 0 Å². The van der Waals surface area contributed by atoms with E-state index < -0.39 is 37.5 Å². The molecular formula is C6H16IN2Nd. The topological polar surface area (TPSA) is 6.48 Å². The summed E-state index contributed by atoms with van der Waals surface area (Å²) >= 11 is -0.533. The third kappa shape index (κ3) is 8.10. The minimum absolute atomic E-state index is 0. The van der Waals surface area contributed by atoms with Gasteiger partial charge in [-0.05, 0) is 0 Å². The van der Waals surface area contributed by atoms with Crippen molar-refractivity contribution in [3.63, 3.8) is 0 Å². The largest absolute Gasteiger partial charge is 1.00 e. The second-order valence-electron chi connectivity index (χ2n) is 2.13. The van der Waals surface area contributed by atoms with E-state index in [1.807, 2.05) is 0 Å². The van der Waals surface area contributed by atoms with Crippen LogP contribution in [0, 0.1) is 37.5 Å². The van der Waals surface area contributed by atoms with Gasteiger partial charge in [-0.1, -0.05) is 0 Å². The molecule has 4 heteroatoms. The van der Waals surface area contributed by atoms with Gasteiger partial charge in [-0.2, -0.15) is 0 Å². The van der Waals surface area contributed by atoms with Gasteiger partial charge in [0.15, 0.2) is 0 Å². The van der Waals surface area contributed by atoms with Gasteiger partial charge in [-0.25, -0.2) is 0 Å². The van der Waals surface area contributed by atoms with Gasteiger partial charge in [0.1, 0.15) is 0 Å². The second kappa shape index (κ2) is 9.09. The Kier molecular flexibility index (Phi) is 13.2. The first-order valence-corrected chi connectivity index (χ1v) is 6.26. The molecule has 0 aromatic rings. The van der Waals surface area contributed by atoms with E-state index in [1.54, 1.807) is 0 Å². The van der Waals surface area contributed by atoms with Gasteiger partial charge in [0.2, 0.25) is 0 Å². The number of nitrogens with zero attached hydrogens (tertiary/aromatic N) is 2. The first kappa shape index (κ1) is 14.5. The molecule has 0 aliphatic heterocycles. The fraction of sp³-hybridized carbons (Fsp3) is 1.00. The quantitative estimate of drug-likeness (QED) is 0.506.